The van der Waals surface area contributed by atoms with Gasteiger partial charge in [0.15, 0.2) is 0 Å². The van der Waals surface area contributed by atoms with Gasteiger partial charge in [-0.3, -0.25) is 4.79 Å². The Bertz CT molecular complexity index is 393. The second-order valence-corrected chi connectivity index (χ2v) is 5.98. The Hall–Kier alpha value is -0.830. The Morgan fingerprint density at radius 1 is 1.11 bits per heavy atom. The molecular formula is C15H20BrNO. The molecule has 0 atom stereocenters. The zero-order chi connectivity index (χ0) is 13.0. The van der Waals surface area contributed by atoms with Crippen LogP contribution in [0.25, 0.3) is 0 Å². The van der Waals surface area contributed by atoms with Crippen LogP contribution in [-0.2, 0) is 0 Å². The van der Waals surface area contributed by atoms with Crippen molar-refractivity contribution < 1.29 is 4.79 Å². The summed E-state index contributed by atoms with van der Waals surface area (Å²) in [5.74, 6) is 0.148. The molecule has 0 heterocycles. The molecule has 1 fully saturated rings. The van der Waals surface area contributed by atoms with Gasteiger partial charge in [0.05, 0.1) is 0 Å². The Labute approximate surface area is 117 Å². The van der Waals surface area contributed by atoms with Crippen LogP contribution in [0.4, 0.5) is 0 Å². The molecule has 1 amide bonds. The molecule has 1 aliphatic rings. The number of hydrogen-bond donors (Lipinski definition) is 0. The van der Waals surface area contributed by atoms with Crippen molar-refractivity contribution in [1.82, 2.24) is 4.90 Å². The lowest BCUT2D eigenvalue weighted by molar-refractivity contribution is 0.0717. The molecule has 0 aromatic heterocycles. The van der Waals surface area contributed by atoms with Gasteiger partial charge in [-0.15, -0.1) is 0 Å². The summed E-state index contributed by atoms with van der Waals surface area (Å²) in [5.41, 5.74) is 0.782. The van der Waals surface area contributed by atoms with Gasteiger partial charge in [0.25, 0.3) is 5.91 Å². The van der Waals surface area contributed by atoms with Crippen LogP contribution in [-0.4, -0.2) is 23.9 Å². The monoisotopic (exact) mass is 309 g/mol. The molecule has 1 aromatic carbocycles. The molecule has 0 spiro atoms. The van der Waals surface area contributed by atoms with E-state index in [4.69, 9.17) is 0 Å². The number of carbonyl (C=O) groups is 1. The number of benzene rings is 1. The smallest absolute Gasteiger partial charge is 0.253 e. The number of amides is 1. The predicted molar refractivity (Wildman–Crippen MR) is 77.7 cm³/mol. The number of rotatable bonds is 2. The highest BCUT2D eigenvalue weighted by atomic mass is 79.9. The van der Waals surface area contributed by atoms with Gasteiger partial charge in [0.1, 0.15) is 0 Å². The van der Waals surface area contributed by atoms with Gasteiger partial charge in [0, 0.05) is 23.1 Å². The summed E-state index contributed by atoms with van der Waals surface area (Å²) < 4.78 is 1.01. The third kappa shape index (κ3) is 3.35. The van der Waals surface area contributed by atoms with Gasteiger partial charge in [-0.05, 0) is 37.1 Å². The lowest BCUT2D eigenvalue weighted by Crippen LogP contribution is -2.36. The zero-order valence-corrected chi connectivity index (χ0v) is 12.4. The van der Waals surface area contributed by atoms with Crippen molar-refractivity contribution in [2.75, 3.05) is 7.05 Å². The average Bonchev–Trinajstić information content (AvgIpc) is 2.67. The van der Waals surface area contributed by atoms with Gasteiger partial charge in [-0.2, -0.15) is 0 Å². The van der Waals surface area contributed by atoms with Gasteiger partial charge in [0.2, 0.25) is 0 Å². The first kappa shape index (κ1) is 13.6. The maximum absolute atomic E-state index is 12.4. The molecule has 18 heavy (non-hydrogen) atoms. The van der Waals surface area contributed by atoms with Crippen LogP contribution >= 0.6 is 15.9 Å². The fourth-order valence-electron chi connectivity index (χ4n) is 2.61. The minimum atomic E-state index is 0.148. The Morgan fingerprint density at radius 2 is 1.67 bits per heavy atom. The van der Waals surface area contributed by atoms with Crippen LogP contribution < -0.4 is 0 Å². The summed E-state index contributed by atoms with van der Waals surface area (Å²) in [5, 5.41) is 0. The fourth-order valence-corrected chi connectivity index (χ4v) is 2.87. The van der Waals surface area contributed by atoms with E-state index in [1.54, 1.807) is 0 Å². The molecule has 1 saturated carbocycles. The van der Waals surface area contributed by atoms with E-state index < -0.39 is 0 Å². The van der Waals surface area contributed by atoms with Crippen molar-refractivity contribution in [1.29, 1.82) is 0 Å². The van der Waals surface area contributed by atoms with Gasteiger partial charge in [-0.25, -0.2) is 0 Å². The number of nitrogens with zero attached hydrogens (tertiary/aromatic N) is 1. The highest BCUT2D eigenvalue weighted by Gasteiger charge is 2.21. The summed E-state index contributed by atoms with van der Waals surface area (Å²) in [4.78, 5) is 14.3. The summed E-state index contributed by atoms with van der Waals surface area (Å²) in [7, 11) is 1.94. The summed E-state index contributed by atoms with van der Waals surface area (Å²) >= 11 is 3.39. The molecule has 1 aromatic rings. The fraction of sp³-hybridized carbons (Fsp3) is 0.533. The lowest BCUT2D eigenvalue weighted by Gasteiger charge is -2.27. The summed E-state index contributed by atoms with van der Waals surface area (Å²) in [6.07, 6.45) is 7.44. The van der Waals surface area contributed by atoms with Crippen molar-refractivity contribution in [3.05, 3.63) is 34.3 Å². The SMILES string of the molecule is CN(C(=O)c1ccc(Br)cc1)C1CCCCCC1. The molecule has 0 radical (unpaired) electrons. The normalized spacial score (nSPS) is 17.2. The zero-order valence-electron chi connectivity index (χ0n) is 10.9. The molecule has 98 valence electrons. The molecule has 2 rings (SSSR count). The van der Waals surface area contributed by atoms with E-state index >= 15 is 0 Å². The van der Waals surface area contributed by atoms with Crippen molar-refractivity contribution >= 4 is 21.8 Å². The first-order chi connectivity index (χ1) is 8.68. The molecule has 0 bridgehead atoms. The van der Waals surface area contributed by atoms with E-state index in [-0.39, 0.29) is 5.91 Å². The molecule has 0 aliphatic heterocycles. The minimum Gasteiger partial charge on any atom is -0.339 e. The quantitative estimate of drug-likeness (QED) is 0.748. The first-order valence-electron chi connectivity index (χ1n) is 6.71. The molecule has 1 aliphatic carbocycles. The van der Waals surface area contributed by atoms with Crippen LogP contribution in [0.5, 0.6) is 0 Å². The largest absolute Gasteiger partial charge is 0.339 e. The van der Waals surface area contributed by atoms with Crippen LogP contribution in [0.1, 0.15) is 48.9 Å². The molecule has 0 unspecified atom stereocenters. The molecule has 0 saturated heterocycles. The number of hydrogen-bond acceptors (Lipinski definition) is 1. The molecule has 3 heteroatoms. The maximum Gasteiger partial charge on any atom is 0.253 e. The third-order valence-electron chi connectivity index (χ3n) is 3.78. The van der Waals surface area contributed by atoms with Crippen molar-refractivity contribution in [3.63, 3.8) is 0 Å². The topological polar surface area (TPSA) is 20.3 Å². The van der Waals surface area contributed by atoms with E-state index in [9.17, 15) is 4.79 Å². The van der Waals surface area contributed by atoms with E-state index in [1.165, 1.54) is 25.7 Å². The second kappa shape index (κ2) is 6.37. The van der Waals surface area contributed by atoms with E-state index in [0.29, 0.717) is 6.04 Å². The predicted octanol–water partition coefficient (Wildman–Crippen LogP) is 4.24. The molecule has 2 nitrogen and oxygen atoms in total. The highest BCUT2D eigenvalue weighted by molar-refractivity contribution is 9.10. The average molecular weight is 310 g/mol. The Morgan fingerprint density at radius 3 is 2.22 bits per heavy atom. The van der Waals surface area contributed by atoms with Gasteiger partial charge in [-0.1, -0.05) is 41.6 Å². The lowest BCUT2D eigenvalue weighted by atomic mass is 10.1. The first-order valence-corrected chi connectivity index (χ1v) is 7.50. The summed E-state index contributed by atoms with van der Waals surface area (Å²) in [6, 6.07) is 8.05. The van der Waals surface area contributed by atoms with Gasteiger partial charge < -0.3 is 4.90 Å². The van der Waals surface area contributed by atoms with Gasteiger partial charge >= 0.3 is 0 Å². The van der Waals surface area contributed by atoms with E-state index in [2.05, 4.69) is 15.9 Å². The summed E-state index contributed by atoms with van der Waals surface area (Å²) in [6.45, 7) is 0. The number of halogens is 1. The highest BCUT2D eigenvalue weighted by Crippen LogP contribution is 2.22. The van der Waals surface area contributed by atoms with Crippen LogP contribution in [0.15, 0.2) is 28.7 Å². The molecular weight excluding hydrogens is 290 g/mol. The second-order valence-electron chi connectivity index (χ2n) is 5.07. The number of carbonyl (C=O) groups excluding carboxylic acids is 1. The van der Waals surface area contributed by atoms with Crippen molar-refractivity contribution in [2.24, 2.45) is 0 Å². The Balaban J connectivity index is 2.05. The van der Waals surface area contributed by atoms with Crippen molar-refractivity contribution in [3.8, 4) is 0 Å². The van der Waals surface area contributed by atoms with Crippen molar-refractivity contribution in [2.45, 2.75) is 44.6 Å². The van der Waals surface area contributed by atoms with Crippen LogP contribution in [0, 0.1) is 0 Å². The minimum absolute atomic E-state index is 0.148. The van der Waals surface area contributed by atoms with E-state index in [1.807, 2.05) is 36.2 Å². The third-order valence-corrected chi connectivity index (χ3v) is 4.31. The maximum atomic E-state index is 12.4. The Kier molecular flexibility index (Phi) is 4.81. The molecule has 0 N–H and O–H groups in total. The standard InChI is InChI=1S/C15H20BrNO/c1-17(14-6-4-2-3-5-7-14)15(18)12-8-10-13(16)11-9-12/h8-11,14H,2-7H2,1H3. The van der Waals surface area contributed by atoms with Crippen LogP contribution in [0.3, 0.4) is 0 Å². The van der Waals surface area contributed by atoms with E-state index in [0.717, 1.165) is 22.9 Å². The van der Waals surface area contributed by atoms with Crippen LogP contribution in [0.2, 0.25) is 0 Å².